The van der Waals surface area contributed by atoms with Crippen LogP contribution in [0.4, 0.5) is 18.3 Å². The molecule has 1 fully saturated rings. The molecule has 0 radical (unpaired) electrons. The molecule has 3 aromatic rings. The molecule has 0 aliphatic carbocycles. The molecule has 34 heavy (non-hydrogen) atoms. The molecule has 1 saturated heterocycles. The molecule has 2 N–H and O–H groups in total. The number of thiazole rings is 1. The van der Waals surface area contributed by atoms with Gasteiger partial charge in [-0.3, -0.25) is 9.59 Å². The van der Waals surface area contributed by atoms with Crippen LogP contribution in [0, 0.1) is 0 Å². The molecule has 2 aliphatic heterocycles. The van der Waals surface area contributed by atoms with Gasteiger partial charge in [0, 0.05) is 41.2 Å². The third-order valence-corrected chi connectivity index (χ3v) is 7.30. The van der Waals surface area contributed by atoms with Crippen molar-refractivity contribution in [3.8, 4) is 0 Å². The predicted molar refractivity (Wildman–Crippen MR) is 122 cm³/mol. The Labute approximate surface area is 197 Å². The van der Waals surface area contributed by atoms with E-state index in [1.54, 1.807) is 6.20 Å². The number of ketones is 1. The number of anilines is 1. The van der Waals surface area contributed by atoms with Gasteiger partial charge in [-0.2, -0.15) is 13.2 Å². The summed E-state index contributed by atoms with van der Waals surface area (Å²) in [5, 5.41) is 4.30. The molecule has 0 spiro atoms. The zero-order valence-electron chi connectivity index (χ0n) is 18.6. The van der Waals surface area contributed by atoms with Gasteiger partial charge in [-0.15, -0.1) is 0 Å². The van der Waals surface area contributed by atoms with Crippen LogP contribution in [0.5, 0.6) is 0 Å². The molecule has 1 atom stereocenters. The molecule has 180 valence electrons. The first-order chi connectivity index (χ1) is 16.0. The number of aromatic nitrogens is 2. The molecular formula is C23H23F3N4O3S. The molecular weight excluding hydrogens is 469 g/mol. The molecule has 1 aromatic carbocycles. The summed E-state index contributed by atoms with van der Waals surface area (Å²) in [6.07, 6.45) is -2.06. The van der Waals surface area contributed by atoms with Crippen molar-refractivity contribution in [3.05, 3.63) is 46.1 Å². The van der Waals surface area contributed by atoms with Gasteiger partial charge < -0.3 is 19.9 Å². The number of ether oxygens (including phenoxy) is 1. The zero-order valence-corrected chi connectivity index (χ0v) is 19.4. The Hall–Kier alpha value is -2.92. The SMILES string of the molecule is CC1(C)Cc2nc(N3CCOC[C@@H]3Cc3c[nH]c4ccc(C(=O)C(F)(F)F)cc34)sc2C(=O)N1. The van der Waals surface area contributed by atoms with Crippen LogP contribution in [-0.2, 0) is 17.6 Å². The van der Waals surface area contributed by atoms with Gasteiger partial charge in [0.15, 0.2) is 5.13 Å². The lowest BCUT2D eigenvalue weighted by Gasteiger charge is -2.35. The van der Waals surface area contributed by atoms with Crippen molar-refractivity contribution in [3.63, 3.8) is 0 Å². The van der Waals surface area contributed by atoms with Crippen LogP contribution in [0.3, 0.4) is 0 Å². The van der Waals surface area contributed by atoms with Crippen LogP contribution in [0.2, 0.25) is 0 Å². The van der Waals surface area contributed by atoms with Gasteiger partial charge >= 0.3 is 6.18 Å². The Morgan fingerprint density at radius 3 is 2.91 bits per heavy atom. The highest BCUT2D eigenvalue weighted by Gasteiger charge is 2.39. The maximum absolute atomic E-state index is 12.9. The fraction of sp³-hybridized carbons (Fsp3) is 0.435. The number of aromatic amines is 1. The van der Waals surface area contributed by atoms with Crippen LogP contribution >= 0.6 is 11.3 Å². The molecule has 7 nitrogen and oxygen atoms in total. The monoisotopic (exact) mass is 492 g/mol. The number of nitrogens with one attached hydrogen (secondary N) is 2. The summed E-state index contributed by atoms with van der Waals surface area (Å²) in [6, 6.07) is 3.83. The van der Waals surface area contributed by atoms with Crippen LogP contribution in [0.15, 0.2) is 24.4 Å². The van der Waals surface area contributed by atoms with Crippen molar-refractivity contribution in [2.24, 2.45) is 0 Å². The third-order valence-electron chi connectivity index (χ3n) is 6.17. The predicted octanol–water partition coefficient (Wildman–Crippen LogP) is 3.88. The summed E-state index contributed by atoms with van der Waals surface area (Å²) in [5.41, 5.74) is 1.46. The van der Waals surface area contributed by atoms with Gasteiger partial charge in [-0.25, -0.2) is 4.98 Å². The highest BCUT2D eigenvalue weighted by atomic mass is 32.1. The number of nitrogens with zero attached hydrogens (tertiary/aromatic N) is 2. The highest BCUT2D eigenvalue weighted by Crippen LogP contribution is 2.35. The van der Waals surface area contributed by atoms with E-state index in [0.29, 0.717) is 48.4 Å². The largest absolute Gasteiger partial charge is 0.454 e. The quantitative estimate of drug-likeness (QED) is 0.540. The Bertz CT molecular complexity index is 1280. The minimum atomic E-state index is -4.93. The minimum Gasteiger partial charge on any atom is -0.377 e. The van der Waals surface area contributed by atoms with Crippen LogP contribution in [0.25, 0.3) is 10.9 Å². The first-order valence-corrected chi connectivity index (χ1v) is 11.7. The topological polar surface area (TPSA) is 87.3 Å². The first-order valence-electron chi connectivity index (χ1n) is 10.9. The zero-order chi connectivity index (χ0) is 24.3. The Morgan fingerprint density at radius 1 is 1.35 bits per heavy atom. The number of fused-ring (bicyclic) bond motifs is 2. The number of amides is 1. The summed E-state index contributed by atoms with van der Waals surface area (Å²) < 4.78 is 44.5. The van der Waals surface area contributed by atoms with Gasteiger partial charge in [0.05, 0.1) is 24.9 Å². The van der Waals surface area contributed by atoms with E-state index >= 15 is 0 Å². The second-order valence-electron chi connectivity index (χ2n) is 9.31. The van der Waals surface area contributed by atoms with E-state index < -0.39 is 12.0 Å². The number of rotatable bonds is 4. The number of hydrogen-bond acceptors (Lipinski definition) is 6. The van der Waals surface area contributed by atoms with Crippen LogP contribution < -0.4 is 10.2 Å². The number of carbonyl (C=O) groups excluding carboxylic acids is 2. The van der Waals surface area contributed by atoms with E-state index in [-0.39, 0.29) is 23.1 Å². The van der Waals surface area contributed by atoms with Gasteiger partial charge in [-0.1, -0.05) is 11.3 Å². The van der Waals surface area contributed by atoms with Gasteiger partial charge in [-0.05, 0) is 44.0 Å². The molecule has 0 bridgehead atoms. The van der Waals surface area contributed by atoms with Crippen LogP contribution in [0.1, 0.15) is 45.1 Å². The lowest BCUT2D eigenvalue weighted by atomic mass is 9.94. The molecule has 2 aliphatic rings. The molecule has 0 saturated carbocycles. The molecule has 4 heterocycles. The van der Waals surface area contributed by atoms with Crippen molar-refractivity contribution in [2.45, 2.75) is 44.4 Å². The van der Waals surface area contributed by atoms with Crippen molar-refractivity contribution in [1.82, 2.24) is 15.3 Å². The molecule has 1 amide bonds. The van der Waals surface area contributed by atoms with Crippen molar-refractivity contribution in [2.75, 3.05) is 24.7 Å². The maximum atomic E-state index is 12.9. The van der Waals surface area contributed by atoms with E-state index in [2.05, 4.69) is 15.2 Å². The maximum Gasteiger partial charge on any atom is 0.454 e. The lowest BCUT2D eigenvalue weighted by Crippen LogP contribution is -2.48. The second-order valence-corrected chi connectivity index (χ2v) is 10.3. The van der Waals surface area contributed by atoms with E-state index in [9.17, 15) is 22.8 Å². The van der Waals surface area contributed by atoms with Gasteiger partial charge in [0.25, 0.3) is 11.7 Å². The summed E-state index contributed by atoms with van der Waals surface area (Å²) in [4.78, 5) is 34.9. The number of hydrogen-bond donors (Lipinski definition) is 2. The number of H-pyrrole nitrogens is 1. The summed E-state index contributed by atoms with van der Waals surface area (Å²) >= 11 is 1.35. The Morgan fingerprint density at radius 2 is 2.15 bits per heavy atom. The smallest absolute Gasteiger partial charge is 0.377 e. The average Bonchev–Trinajstić information content (AvgIpc) is 3.36. The lowest BCUT2D eigenvalue weighted by molar-refractivity contribution is -0.0885. The summed E-state index contributed by atoms with van der Waals surface area (Å²) in [6.45, 7) is 5.42. The summed E-state index contributed by atoms with van der Waals surface area (Å²) in [7, 11) is 0. The number of morpholine rings is 1. The fourth-order valence-electron chi connectivity index (χ4n) is 4.57. The van der Waals surface area contributed by atoms with E-state index in [4.69, 9.17) is 9.72 Å². The van der Waals surface area contributed by atoms with Crippen molar-refractivity contribution in [1.29, 1.82) is 0 Å². The number of carbonyl (C=O) groups is 2. The number of alkyl halides is 3. The van der Waals surface area contributed by atoms with Crippen molar-refractivity contribution < 1.29 is 27.5 Å². The second kappa shape index (κ2) is 8.09. The van der Waals surface area contributed by atoms with Gasteiger partial charge in [0.1, 0.15) is 4.88 Å². The molecule has 11 heteroatoms. The Kier molecular flexibility index (Phi) is 5.44. The normalized spacial score (nSPS) is 20.3. The van der Waals surface area contributed by atoms with E-state index in [1.165, 1.54) is 29.5 Å². The van der Waals surface area contributed by atoms with E-state index in [1.807, 2.05) is 13.8 Å². The van der Waals surface area contributed by atoms with Crippen molar-refractivity contribution >= 4 is 39.1 Å². The molecule has 0 unspecified atom stereocenters. The number of Topliss-reactive ketones (excluding diaryl/α,β-unsaturated/α-hetero) is 1. The summed E-state index contributed by atoms with van der Waals surface area (Å²) in [5.74, 6) is -1.99. The third kappa shape index (κ3) is 4.18. The van der Waals surface area contributed by atoms with E-state index in [0.717, 1.165) is 16.4 Å². The number of halogens is 3. The molecule has 5 rings (SSSR count). The minimum absolute atomic E-state index is 0.126. The standard InChI is InChI=1S/C23H23F3N4O3S/c1-22(2)9-17-18(20(32)29-22)34-21(28-17)30-5-6-33-11-14(30)7-13-10-27-16-4-3-12(8-15(13)16)19(31)23(24,25)26/h3-4,8,10,14,27H,5-7,9,11H2,1-2H3,(H,29,32)/t14-/m0/s1. The average molecular weight is 493 g/mol. The fourth-order valence-corrected chi connectivity index (χ4v) is 5.64. The number of benzene rings is 1. The Balaban J connectivity index is 1.44. The van der Waals surface area contributed by atoms with Gasteiger partial charge in [0.2, 0.25) is 0 Å². The first kappa shape index (κ1) is 22.9. The highest BCUT2D eigenvalue weighted by molar-refractivity contribution is 7.17. The molecule has 2 aromatic heterocycles. The van der Waals surface area contributed by atoms with Crippen LogP contribution in [-0.4, -0.2) is 59.2 Å².